The molecule has 2 rings (SSSR count). The third kappa shape index (κ3) is 6.08. The van der Waals surface area contributed by atoms with Crippen molar-refractivity contribution in [3.8, 4) is 0 Å². The minimum absolute atomic E-state index is 0. The van der Waals surface area contributed by atoms with E-state index in [1.165, 1.54) is 18.4 Å². The van der Waals surface area contributed by atoms with Gasteiger partial charge in [0, 0.05) is 6.54 Å². The lowest BCUT2D eigenvalue weighted by atomic mass is 10.0. The second kappa shape index (κ2) is 8.18. The zero-order valence-corrected chi connectivity index (χ0v) is 12.2. The van der Waals surface area contributed by atoms with Crippen LogP contribution in [0.25, 0.3) is 0 Å². The van der Waals surface area contributed by atoms with E-state index in [-0.39, 0.29) is 18.3 Å². The number of hydrogen-bond acceptors (Lipinski definition) is 2. The molecular formula is C15H23ClN2O. The zero-order chi connectivity index (χ0) is 12.8. The van der Waals surface area contributed by atoms with Crippen LogP contribution in [0.1, 0.15) is 31.2 Å². The van der Waals surface area contributed by atoms with Crippen molar-refractivity contribution in [1.82, 2.24) is 10.6 Å². The van der Waals surface area contributed by atoms with Crippen LogP contribution in [0, 0.1) is 5.92 Å². The maximum atomic E-state index is 11.6. The molecule has 0 bridgehead atoms. The van der Waals surface area contributed by atoms with Gasteiger partial charge in [0.15, 0.2) is 0 Å². The summed E-state index contributed by atoms with van der Waals surface area (Å²) in [5, 5.41) is 6.17. The Labute approximate surface area is 121 Å². The molecule has 0 saturated heterocycles. The third-order valence-corrected chi connectivity index (χ3v) is 3.39. The lowest BCUT2D eigenvalue weighted by molar-refractivity contribution is -0.120. The molecule has 1 aliphatic carbocycles. The first kappa shape index (κ1) is 16.0. The van der Waals surface area contributed by atoms with Crippen LogP contribution in [0.5, 0.6) is 0 Å². The summed E-state index contributed by atoms with van der Waals surface area (Å²) in [5.41, 5.74) is 1.27. The highest BCUT2D eigenvalue weighted by atomic mass is 35.5. The highest BCUT2D eigenvalue weighted by molar-refractivity contribution is 5.85. The van der Waals surface area contributed by atoms with E-state index in [0.29, 0.717) is 19.0 Å². The summed E-state index contributed by atoms with van der Waals surface area (Å²) >= 11 is 0. The van der Waals surface area contributed by atoms with Crippen LogP contribution < -0.4 is 10.6 Å². The summed E-state index contributed by atoms with van der Waals surface area (Å²) in [5.74, 6) is 1.28. The Balaban J connectivity index is 0.00000180. The van der Waals surface area contributed by atoms with Crippen molar-refractivity contribution >= 4 is 18.3 Å². The normalized spacial score (nSPS) is 15.4. The lowest BCUT2D eigenvalue weighted by Crippen LogP contribution is -2.36. The number of carbonyl (C=O) groups excluding carboxylic acids is 1. The van der Waals surface area contributed by atoms with Crippen molar-refractivity contribution in [2.45, 2.75) is 25.7 Å². The predicted molar refractivity (Wildman–Crippen MR) is 80.7 cm³/mol. The van der Waals surface area contributed by atoms with Gasteiger partial charge in [0.05, 0.1) is 6.54 Å². The van der Waals surface area contributed by atoms with E-state index in [4.69, 9.17) is 0 Å². The van der Waals surface area contributed by atoms with Crippen LogP contribution in [-0.4, -0.2) is 25.5 Å². The molecule has 19 heavy (non-hydrogen) atoms. The van der Waals surface area contributed by atoms with E-state index in [0.717, 1.165) is 12.5 Å². The fraction of sp³-hybridized carbons (Fsp3) is 0.533. The van der Waals surface area contributed by atoms with Gasteiger partial charge >= 0.3 is 0 Å². The topological polar surface area (TPSA) is 41.1 Å². The van der Waals surface area contributed by atoms with Crippen molar-refractivity contribution in [2.24, 2.45) is 5.92 Å². The van der Waals surface area contributed by atoms with Crippen LogP contribution in [0.15, 0.2) is 30.3 Å². The van der Waals surface area contributed by atoms with Crippen LogP contribution in [0.3, 0.4) is 0 Å². The molecule has 1 saturated carbocycles. The highest BCUT2D eigenvalue weighted by Crippen LogP contribution is 2.27. The summed E-state index contributed by atoms with van der Waals surface area (Å²) in [6.07, 6.45) is 2.64. The molecule has 2 N–H and O–H groups in total. The summed E-state index contributed by atoms with van der Waals surface area (Å²) in [4.78, 5) is 11.6. The van der Waals surface area contributed by atoms with Gasteiger partial charge in [-0.15, -0.1) is 12.4 Å². The van der Waals surface area contributed by atoms with E-state index in [1.54, 1.807) is 0 Å². The van der Waals surface area contributed by atoms with E-state index in [9.17, 15) is 4.79 Å². The molecule has 4 heteroatoms. The Morgan fingerprint density at radius 1 is 1.32 bits per heavy atom. The van der Waals surface area contributed by atoms with Crippen LogP contribution >= 0.6 is 12.4 Å². The highest BCUT2D eigenvalue weighted by Gasteiger charge is 2.20. The molecule has 0 aromatic heterocycles. The summed E-state index contributed by atoms with van der Waals surface area (Å²) < 4.78 is 0. The Morgan fingerprint density at radius 2 is 2.00 bits per heavy atom. The van der Waals surface area contributed by atoms with E-state index in [1.807, 2.05) is 18.2 Å². The van der Waals surface area contributed by atoms with Crippen molar-refractivity contribution in [3.63, 3.8) is 0 Å². The molecule has 1 aromatic rings. The maximum absolute atomic E-state index is 11.6. The molecular weight excluding hydrogens is 260 g/mol. The number of hydrogen-bond donors (Lipinski definition) is 2. The molecule has 3 nitrogen and oxygen atoms in total. The van der Waals surface area contributed by atoms with Gasteiger partial charge in [-0.1, -0.05) is 37.3 Å². The molecule has 0 aliphatic heterocycles. The summed E-state index contributed by atoms with van der Waals surface area (Å²) in [6, 6.07) is 10.3. The molecule has 1 aliphatic rings. The first-order valence-corrected chi connectivity index (χ1v) is 6.78. The van der Waals surface area contributed by atoms with Gasteiger partial charge in [-0.25, -0.2) is 0 Å². The van der Waals surface area contributed by atoms with Crippen molar-refractivity contribution in [1.29, 1.82) is 0 Å². The fourth-order valence-electron chi connectivity index (χ4n) is 1.94. The van der Waals surface area contributed by atoms with Crippen LogP contribution in [0.2, 0.25) is 0 Å². The van der Waals surface area contributed by atoms with Gasteiger partial charge in [-0.2, -0.15) is 0 Å². The number of nitrogens with one attached hydrogen (secondary N) is 2. The standard InChI is InChI=1S/C15H22N2O.ClH/c1-12(14-5-3-2-4-6-14)9-17-15(18)11-16-10-13-7-8-13;/h2-6,12-13,16H,7-11H2,1H3,(H,17,18);1H. The van der Waals surface area contributed by atoms with Gasteiger partial charge in [0.2, 0.25) is 5.91 Å². The molecule has 0 heterocycles. The summed E-state index contributed by atoms with van der Waals surface area (Å²) in [7, 11) is 0. The minimum atomic E-state index is 0. The fourth-order valence-corrected chi connectivity index (χ4v) is 1.94. The number of benzene rings is 1. The van der Waals surface area contributed by atoms with E-state index in [2.05, 4.69) is 29.7 Å². The quantitative estimate of drug-likeness (QED) is 0.806. The summed E-state index contributed by atoms with van der Waals surface area (Å²) in [6.45, 7) is 4.26. The average molecular weight is 283 g/mol. The molecule has 0 radical (unpaired) electrons. The van der Waals surface area contributed by atoms with Gasteiger partial charge < -0.3 is 10.6 Å². The Kier molecular flexibility index (Phi) is 6.89. The lowest BCUT2D eigenvalue weighted by Gasteiger charge is -2.13. The number of amides is 1. The van der Waals surface area contributed by atoms with Crippen molar-refractivity contribution in [2.75, 3.05) is 19.6 Å². The second-order valence-electron chi connectivity index (χ2n) is 5.19. The first-order valence-electron chi connectivity index (χ1n) is 6.78. The SMILES string of the molecule is CC(CNC(=O)CNCC1CC1)c1ccccc1.Cl. The molecule has 106 valence electrons. The van der Waals surface area contributed by atoms with Gasteiger partial charge in [0.1, 0.15) is 0 Å². The molecule has 1 fully saturated rings. The van der Waals surface area contributed by atoms with Crippen LogP contribution in [-0.2, 0) is 4.79 Å². The van der Waals surface area contributed by atoms with Crippen molar-refractivity contribution < 1.29 is 4.79 Å². The molecule has 1 unspecified atom stereocenters. The molecule has 1 aromatic carbocycles. The first-order chi connectivity index (χ1) is 8.75. The largest absolute Gasteiger partial charge is 0.354 e. The van der Waals surface area contributed by atoms with E-state index >= 15 is 0 Å². The molecule has 1 atom stereocenters. The smallest absolute Gasteiger partial charge is 0.233 e. The number of rotatable bonds is 7. The van der Waals surface area contributed by atoms with Gasteiger partial charge in [-0.3, -0.25) is 4.79 Å². The molecule has 1 amide bonds. The minimum Gasteiger partial charge on any atom is -0.354 e. The second-order valence-corrected chi connectivity index (χ2v) is 5.19. The monoisotopic (exact) mass is 282 g/mol. The maximum Gasteiger partial charge on any atom is 0.233 e. The Bertz CT molecular complexity index is 379. The van der Waals surface area contributed by atoms with E-state index < -0.39 is 0 Å². The third-order valence-electron chi connectivity index (χ3n) is 3.39. The predicted octanol–water partition coefficient (Wildman–Crippen LogP) is 2.33. The zero-order valence-electron chi connectivity index (χ0n) is 11.4. The van der Waals surface area contributed by atoms with Gasteiger partial charge in [0.25, 0.3) is 0 Å². The average Bonchev–Trinajstić information content (AvgIpc) is 3.21. The molecule has 0 spiro atoms. The van der Waals surface area contributed by atoms with Crippen LogP contribution in [0.4, 0.5) is 0 Å². The number of carbonyl (C=O) groups is 1. The van der Waals surface area contributed by atoms with Gasteiger partial charge in [-0.05, 0) is 36.8 Å². The Morgan fingerprint density at radius 3 is 2.63 bits per heavy atom. The Hall–Kier alpha value is -1.06. The number of halogens is 1. The van der Waals surface area contributed by atoms with Crippen molar-refractivity contribution in [3.05, 3.63) is 35.9 Å².